The average Bonchev–Trinajstić information content (AvgIpc) is 2.75. The molecule has 1 aliphatic heterocycles. The summed E-state index contributed by atoms with van der Waals surface area (Å²) in [4.78, 5) is 2.41. The highest BCUT2D eigenvalue weighted by Gasteiger charge is 2.39. The standard InChI is InChI=1S/C24H31FN2O2/c25-20-8-6-17(7-9-20)16-26-21-14-22(24(29)15-23(21)28)27-12-10-19(11-13-27)18-4-2-1-3-5-18/h1-9,19,21-24,26,28-29H,10-16H2/t21-,22-,23-,24-/m0/s1. The van der Waals surface area contributed by atoms with Gasteiger partial charge < -0.3 is 15.5 Å². The SMILES string of the molecule is O[C@H]1C[C@H](O)[C@@H](N2CCC(c3ccccc3)CC2)C[C@@H]1NCc1ccc(F)cc1. The van der Waals surface area contributed by atoms with Crippen molar-refractivity contribution < 1.29 is 14.6 Å². The van der Waals surface area contributed by atoms with Crippen LogP contribution in [0.1, 0.15) is 42.7 Å². The third-order valence-electron chi connectivity index (χ3n) is 6.64. The zero-order valence-electron chi connectivity index (χ0n) is 16.8. The van der Waals surface area contributed by atoms with Gasteiger partial charge in [-0.25, -0.2) is 4.39 Å². The van der Waals surface area contributed by atoms with Gasteiger partial charge in [0.25, 0.3) is 0 Å². The van der Waals surface area contributed by atoms with Crippen molar-refractivity contribution in [2.75, 3.05) is 13.1 Å². The van der Waals surface area contributed by atoms with E-state index in [1.54, 1.807) is 12.1 Å². The summed E-state index contributed by atoms with van der Waals surface area (Å²) in [6.07, 6.45) is 2.25. The minimum Gasteiger partial charge on any atom is -0.391 e. The molecule has 0 unspecified atom stereocenters. The van der Waals surface area contributed by atoms with Gasteiger partial charge in [-0.1, -0.05) is 42.5 Å². The highest BCUT2D eigenvalue weighted by molar-refractivity contribution is 5.20. The fraction of sp³-hybridized carbons (Fsp3) is 0.500. The van der Waals surface area contributed by atoms with E-state index in [0.29, 0.717) is 18.9 Å². The highest BCUT2D eigenvalue weighted by Crippen LogP contribution is 2.32. The molecule has 0 spiro atoms. The summed E-state index contributed by atoms with van der Waals surface area (Å²) in [7, 11) is 0. The molecular formula is C24H31FN2O2. The minimum absolute atomic E-state index is 0.0692. The molecule has 0 amide bonds. The van der Waals surface area contributed by atoms with E-state index in [0.717, 1.165) is 37.9 Å². The normalized spacial score (nSPS) is 29.1. The van der Waals surface area contributed by atoms with Crippen molar-refractivity contribution in [3.05, 3.63) is 71.5 Å². The molecular weight excluding hydrogens is 367 g/mol. The molecule has 4 nitrogen and oxygen atoms in total. The van der Waals surface area contributed by atoms with Crippen LogP contribution >= 0.6 is 0 Å². The van der Waals surface area contributed by atoms with Crippen molar-refractivity contribution in [2.45, 2.75) is 62.4 Å². The van der Waals surface area contributed by atoms with Gasteiger partial charge >= 0.3 is 0 Å². The second-order valence-electron chi connectivity index (χ2n) is 8.51. The van der Waals surface area contributed by atoms with Crippen molar-refractivity contribution in [1.29, 1.82) is 0 Å². The van der Waals surface area contributed by atoms with Crippen LogP contribution in [-0.4, -0.2) is 52.5 Å². The van der Waals surface area contributed by atoms with Gasteiger partial charge in [-0.3, -0.25) is 4.90 Å². The maximum atomic E-state index is 13.1. The molecule has 0 aromatic heterocycles. The Bertz CT molecular complexity index is 762. The maximum absolute atomic E-state index is 13.1. The first kappa shape index (κ1) is 20.5. The van der Waals surface area contributed by atoms with E-state index in [9.17, 15) is 14.6 Å². The smallest absolute Gasteiger partial charge is 0.123 e. The lowest BCUT2D eigenvalue weighted by atomic mass is 9.82. The molecule has 2 fully saturated rings. The number of likely N-dealkylation sites (tertiary alicyclic amines) is 1. The molecule has 4 rings (SSSR count). The molecule has 1 saturated carbocycles. The number of aliphatic hydroxyl groups excluding tert-OH is 2. The van der Waals surface area contributed by atoms with Crippen molar-refractivity contribution >= 4 is 0 Å². The predicted molar refractivity (Wildman–Crippen MR) is 112 cm³/mol. The lowest BCUT2D eigenvalue weighted by Gasteiger charge is -2.45. The van der Waals surface area contributed by atoms with Crippen LogP contribution in [-0.2, 0) is 6.54 Å². The van der Waals surface area contributed by atoms with Gasteiger partial charge in [0.15, 0.2) is 0 Å². The molecule has 4 atom stereocenters. The van der Waals surface area contributed by atoms with E-state index in [-0.39, 0.29) is 17.9 Å². The quantitative estimate of drug-likeness (QED) is 0.725. The number of halogens is 1. The lowest BCUT2D eigenvalue weighted by molar-refractivity contribution is -0.0489. The lowest BCUT2D eigenvalue weighted by Crippen LogP contribution is -2.57. The first-order chi connectivity index (χ1) is 14.1. The second kappa shape index (κ2) is 9.35. The molecule has 1 saturated heterocycles. The number of hydrogen-bond donors (Lipinski definition) is 3. The van der Waals surface area contributed by atoms with Crippen LogP contribution in [0, 0.1) is 5.82 Å². The van der Waals surface area contributed by atoms with Crippen LogP contribution < -0.4 is 5.32 Å². The van der Waals surface area contributed by atoms with E-state index in [2.05, 4.69) is 40.5 Å². The monoisotopic (exact) mass is 398 g/mol. The molecule has 2 aromatic rings. The van der Waals surface area contributed by atoms with E-state index >= 15 is 0 Å². The molecule has 5 heteroatoms. The Kier molecular flexibility index (Phi) is 6.60. The fourth-order valence-electron chi connectivity index (χ4n) is 4.90. The summed E-state index contributed by atoms with van der Waals surface area (Å²) in [6, 6.07) is 17.1. The fourth-order valence-corrected chi connectivity index (χ4v) is 4.90. The van der Waals surface area contributed by atoms with Crippen LogP contribution in [0.25, 0.3) is 0 Å². The summed E-state index contributed by atoms with van der Waals surface area (Å²) in [5.74, 6) is 0.347. The zero-order chi connectivity index (χ0) is 20.2. The Morgan fingerprint density at radius 1 is 0.897 bits per heavy atom. The molecule has 29 heavy (non-hydrogen) atoms. The van der Waals surface area contributed by atoms with Gasteiger partial charge in [-0.05, 0) is 61.5 Å². The zero-order valence-corrected chi connectivity index (χ0v) is 16.8. The number of nitrogens with zero attached hydrogens (tertiary/aromatic N) is 1. The molecule has 2 aliphatic rings. The minimum atomic E-state index is -0.566. The molecule has 0 bridgehead atoms. The number of nitrogens with one attached hydrogen (secondary N) is 1. The van der Waals surface area contributed by atoms with Gasteiger partial charge in [-0.15, -0.1) is 0 Å². The largest absolute Gasteiger partial charge is 0.391 e. The van der Waals surface area contributed by atoms with Crippen LogP contribution in [0.15, 0.2) is 54.6 Å². The van der Waals surface area contributed by atoms with Gasteiger partial charge in [0.2, 0.25) is 0 Å². The van der Waals surface area contributed by atoms with Crippen LogP contribution in [0.2, 0.25) is 0 Å². The average molecular weight is 399 g/mol. The highest BCUT2D eigenvalue weighted by atomic mass is 19.1. The summed E-state index contributed by atoms with van der Waals surface area (Å²) in [6.45, 7) is 2.53. The van der Waals surface area contributed by atoms with Crippen molar-refractivity contribution in [3.8, 4) is 0 Å². The van der Waals surface area contributed by atoms with Crippen molar-refractivity contribution in [1.82, 2.24) is 10.2 Å². The summed E-state index contributed by atoms with van der Waals surface area (Å²) >= 11 is 0. The molecule has 1 aliphatic carbocycles. The number of aliphatic hydroxyl groups is 2. The second-order valence-corrected chi connectivity index (χ2v) is 8.51. The summed E-state index contributed by atoms with van der Waals surface area (Å²) in [5.41, 5.74) is 2.40. The third kappa shape index (κ3) is 5.04. The maximum Gasteiger partial charge on any atom is 0.123 e. The molecule has 156 valence electrons. The van der Waals surface area contributed by atoms with E-state index < -0.39 is 12.2 Å². The van der Waals surface area contributed by atoms with E-state index in [4.69, 9.17) is 0 Å². The molecule has 2 aromatic carbocycles. The van der Waals surface area contributed by atoms with Crippen LogP contribution in [0.5, 0.6) is 0 Å². The number of piperidine rings is 1. The van der Waals surface area contributed by atoms with E-state index in [1.165, 1.54) is 17.7 Å². The Hall–Kier alpha value is -1.79. The Morgan fingerprint density at radius 3 is 2.28 bits per heavy atom. The van der Waals surface area contributed by atoms with Gasteiger partial charge in [0.1, 0.15) is 5.82 Å². The summed E-state index contributed by atoms with van der Waals surface area (Å²) < 4.78 is 13.1. The first-order valence-electron chi connectivity index (χ1n) is 10.7. The van der Waals surface area contributed by atoms with Crippen molar-refractivity contribution in [3.63, 3.8) is 0 Å². The topological polar surface area (TPSA) is 55.7 Å². The molecule has 0 radical (unpaired) electrons. The van der Waals surface area contributed by atoms with Gasteiger partial charge in [-0.2, -0.15) is 0 Å². The molecule has 1 heterocycles. The van der Waals surface area contributed by atoms with Crippen molar-refractivity contribution in [2.24, 2.45) is 0 Å². The number of rotatable bonds is 5. The number of hydrogen-bond acceptors (Lipinski definition) is 4. The first-order valence-corrected chi connectivity index (χ1v) is 10.7. The Balaban J connectivity index is 1.33. The number of benzene rings is 2. The van der Waals surface area contributed by atoms with Gasteiger partial charge in [0, 0.05) is 25.0 Å². The third-order valence-corrected chi connectivity index (χ3v) is 6.64. The molecule has 3 N–H and O–H groups in total. The van der Waals surface area contributed by atoms with Crippen LogP contribution in [0.4, 0.5) is 4.39 Å². The van der Waals surface area contributed by atoms with Gasteiger partial charge in [0.05, 0.1) is 12.2 Å². The van der Waals surface area contributed by atoms with Crippen LogP contribution in [0.3, 0.4) is 0 Å². The van der Waals surface area contributed by atoms with E-state index in [1.807, 2.05) is 0 Å². The Morgan fingerprint density at radius 2 is 1.59 bits per heavy atom. The Labute approximate surface area is 172 Å². The summed E-state index contributed by atoms with van der Waals surface area (Å²) in [5, 5.41) is 24.5. The predicted octanol–water partition coefficient (Wildman–Crippen LogP) is 3.05.